The average molecular weight is 292 g/mol. The Balaban J connectivity index is 1.92. The van der Waals surface area contributed by atoms with E-state index in [2.05, 4.69) is 38.1 Å². The lowest BCUT2D eigenvalue weighted by Gasteiger charge is -2.23. The number of aromatic amines is 1. The van der Waals surface area contributed by atoms with Crippen LogP contribution in [-0.4, -0.2) is 26.7 Å². The summed E-state index contributed by atoms with van der Waals surface area (Å²) in [5.41, 5.74) is 2.55. The molecular formula is C16H16N6. The molecule has 0 atom stereocenters. The van der Waals surface area contributed by atoms with Crippen molar-refractivity contribution in [1.29, 1.82) is 5.26 Å². The molecule has 0 fully saturated rings. The Morgan fingerprint density at radius 1 is 1.23 bits per heavy atom. The number of aromatic nitrogens is 4. The van der Waals surface area contributed by atoms with Crippen LogP contribution in [0.1, 0.15) is 24.5 Å². The molecule has 0 saturated carbocycles. The van der Waals surface area contributed by atoms with Crippen LogP contribution in [0.5, 0.6) is 0 Å². The Labute approximate surface area is 128 Å². The van der Waals surface area contributed by atoms with Crippen molar-refractivity contribution >= 4 is 16.9 Å². The lowest BCUT2D eigenvalue weighted by Crippen LogP contribution is -2.24. The molecule has 0 amide bonds. The first-order valence-electron chi connectivity index (χ1n) is 7.20. The highest BCUT2D eigenvalue weighted by Crippen LogP contribution is 2.23. The summed E-state index contributed by atoms with van der Waals surface area (Å²) in [6.07, 6.45) is 4.32. The third kappa shape index (κ3) is 2.74. The van der Waals surface area contributed by atoms with Gasteiger partial charge in [0.25, 0.3) is 0 Å². The maximum Gasteiger partial charge on any atom is 0.160 e. The molecule has 110 valence electrons. The summed E-state index contributed by atoms with van der Waals surface area (Å²) in [5, 5.41) is 16.7. The predicted molar refractivity (Wildman–Crippen MR) is 84.2 cm³/mol. The minimum atomic E-state index is 0.671. The second-order valence-corrected chi connectivity index (χ2v) is 5.06. The summed E-state index contributed by atoms with van der Waals surface area (Å²) in [4.78, 5) is 10.8. The zero-order valence-electron chi connectivity index (χ0n) is 12.3. The summed E-state index contributed by atoms with van der Waals surface area (Å²) < 4.78 is 0. The van der Waals surface area contributed by atoms with Crippen molar-refractivity contribution in [2.45, 2.75) is 19.9 Å². The fourth-order valence-electron chi connectivity index (χ4n) is 2.44. The number of H-pyrrole nitrogens is 1. The van der Waals surface area contributed by atoms with Gasteiger partial charge in [-0.2, -0.15) is 10.4 Å². The standard InChI is InChI=1S/C16H16N6/c1-2-7-22(10-13-5-3-12(8-17)4-6-13)16-14-9-20-21-15(14)18-11-19-16/h3-6,9,11H,2,7,10H2,1H3,(H,18,19,20,21). The van der Waals surface area contributed by atoms with Gasteiger partial charge in [-0.05, 0) is 24.1 Å². The summed E-state index contributed by atoms with van der Waals surface area (Å²) in [7, 11) is 0. The monoisotopic (exact) mass is 292 g/mol. The van der Waals surface area contributed by atoms with Crippen molar-refractivity contribution in [3.8, 4) is 6.07 Å². The summed E-state index contributed by atoms with van der Waals surface area (Å²) in [6, 6.07) is 9.78. The summed E-state index contributed by atoms with van der Waals surface area (Å²) in [6.45, 7) is 3.76. The second-order valence-electron chi connectivity index (χ2n) is 5.06. The van der Waals surface area contributed by atoms with Crippen LogP contribution in [0.4, 0.5) is 5.82 Å². The molecule has 3 rings (SSSR count). The molecule has 22 heavy (non-hydrogen) atoms. The van der Waals surface area contributed by atoms with Crippen molar-refractivity contribution in [1.82, 2.24) is 20.2 Å². The van der Waals surface area contributed by atoms with E-state index >= 15 is 0 Å². The molecule has 0 aliphatic rings. The van der Waals surface area contributed by atoms with Crippen LogP contribution in [0.15, 0.2) is 36.8 Å². The van der Waals surface area contributed by atoms with Gasteiger partial charge in [0.2, 0.25) is 0 Å². The van der Waals surface area contributed by atoms with Crippen LogP contribution >= 0.6 is 0 Å². The van der Waals surface area contributed by atoms with Gasteiger partial charge in [-0.25, -0.2) is 9.97 Å². The first-order valence-corrected chi connectivity index (χ1v) is 7.20. The summed E-state index contributed by atoms with van der Waals surface area (Å²) >= 11 is 0. The molecule has 0 spiro atoms. The van der Waals surface area contributed by atoms with E-state index < -0.39 is 0 Å². The van der Waals surface area contributed by atoms with Crippen molar-refractivity contribution in [3.05, 3.63) is 47.9 Å². The van der Waals surface area contributed by atoms with Crippen LogP contribution in [0.25, 0.3) is 11.0 Å². The largest absolute Gasteiger partial charge is 0.352 e. The fourth-order valence-corrected chi connectivity index (χ4v) is 2.44. The lowest BCUT2D eigenvalue weighted by molar-refractivity contribution is 0.757. The van der Waals surface area contributed by atoms with E-state index in [1.54, 1.807) is 12.5 Å². The Morgan fingerprint density at radius 2 is 2.05 bits per heavy atom. The Morgan fingerprint density at radius 3 is 2.77 bits per heavy atom. The molecule has 0 unspecified atom stereocenters. The number of nitriles is 1. The van der Waals surface area contributed by atoms with E-state index in [0.29, 0.717) is 5.56 Å². The van der Waals surface area contributed by atoms with Gasteiger partial charge >= 0.3 is 0 Å². The van der Waals surface area contributed by atoms with Gasteiger partial charge in [0, 0.05) is 13.1 Å². The topological polar surface area (TPSA) is 81.5 Å². The lowest BCUT2D eigenvalue weighted by atomic mass is 10.1. The maximum atomic E-state index is 8.88. The number of hydrogen-bond acceptors (Lipinski definition) is 5. The number of rotatable bonds is 5. The van der Waals surface area contributed by atoms with E-state index in [4.69, 9.17) is 5.26 Å². The van der Waals surface area contributed by atoms with E-state index in [0.717, 1.165) is 41.9 Å². The molecule has 0 aliphatic carbocycles. The molecule has 0 bridgehead atoms. The Bertz CT molecular complexity index is 799. The van der Waals surface area contributed by atoms with Gasteiger partial charge in [-0.1, -0.05) is 19.1 Å². The first kappa shape index (κ1) is 14.0. The maximum absolute atomic E-state index is 8.88. The highest BCUT2D eigenvalue weighted by molar-refractivity contribution is 5.86. The Hall–Kier alpha value is -2.94. The number of nitrogens with zero attached hydrogens (tertiary/aromatic N) is 5. The van der Waals surface area contributed by atoms with E-state index in [1.165, 1.54) is 0 Å². The molecule has 1 aromatic carbocycles. The number of nitrogens with one attached hydrogen (secondary N) is 1. The van der Waals surface area contributed by atoms with Gasteiger partial charge in [-0.15, -0.1) is 0 Å². The molecular weight excluding hydrogens is 276 g/mol. The first-order chi connectivity index (χ1) is 10.8. The van der Waals surface area contributed by atoms with E-state index in [9.17, 15) is 0 Å². The molecule has 3 aromatic rings. The van der Waals surface area contributed by atoms with Crippen molar-refractivity contribution in [3.63, 3.8) is 0 Å². The third-order valence-corrected chi connectivity index (χ3v) is 3.48. The number of fused-ring (bicyclic) bond motifs is 1. The molecule has 0 aliphatic heterocycles. The Kier molecular flexibility index (Phi) is 3.97. The van der Waals surface area contributed by atoms with Crippen molar-refractivity contribution in [2.75, 3.05) is 11.4 Å². The molecule has 0 saturated heterocycles. The number of benzene rings is 1. The van der Waals surface area contributed by atoms with Crippen LogP contribution < -0.4 is 4.90 Å². The quantitative estimate of drug-likeness (QED) is 0.781. The van der Waals surface area contributed by atoms with E-state index in [1.807, 2.05) is 24.3 Å². The fraction of sp³-hybridized carbons (Fsp3) is 0.250. The van der Waals surface area contributed by atoms with Crippen molar-refractivity contribution in [2.24, 2.45) is 0 Å². The predicted octanol–water partition coefficient (Wildman–Crippen LogP) is 2.64. The smallest absolute Gasteiger partial charge is 0.160 e. The van der Waals surface area contributed by atoms with Gasteiger partial charge in [0.1, 0.15) is 12.1 Å². The highest BCUT2D eigenvalue weighted by Gasteiger charge is 2.13. The molecule has 2 aromatic heterocycles. The van der Waals surface area contributed by atoms with Gasteiger partial charge in [-0.3, -0.25) is 5.10 Å². The number of hydrogen-bond donors (Lipinski definition) is 1. The van der Waals surface area contributed by atoms with Crippen LogP contribution in [0.2, 0.25) is 0 Å². The van der Waals surface area contributed by atoms with Gasteiger partial charge in [0.15, 0.2) is 5.65 Å². The third-order valence-electron chi connectivity index (χ3n) is 3.48. The minimum Gasteiger partial charge on any atom is -0.352 e. The molecule has 0 radical (unpaired) electrons. The van der Waals surface area contributed by atoms with Crippen LogP contribution in [0.3, 0.4) is 0 Å². The number of anilines is 1. The molecule has 6 nitrogen and oxygen atoms in total. The normalized spacial score (nSPS) is 10.5. The molecule has 2 heterocycles. The summed E-state index contributed by atoms with van der Waals surface area (Å²) in [5.74, 6) is 0.880. The zero-order valence-corrected chi connectivity index (χ0v) is 12.3. The SMILES string of the molecule is CCCN(Cc1ccc(C#N)cc1)c1ncnc2[nH]ncc12. The van der Waals surface area contributed by atoms with Gasteiger partial charge in [0.05, 0.1) is 23.2 Å². The minimum absolute atomic E-state index is 0.671. The van der Waals surface area contributed by atoms with Crippen LogP contribution in [-0.2, 0) is 6.54 Å². The van der Waals surface area contributed by atoms with Gasteiger partial charge < -0.3 is 4.90 Å². The molecule has 1 N–H and O–H groups in total. The van der Waals surface area contributed by atoms with Crippen LogP contribution in [0, 0.1) is 11.3 Å². The highest BCUT2D eigenvalue weighted by atomic mass is 15.2. The van der Waals surface area contributed by atoms with E-state index in [-0.39, 0.29) is 0 Å². The second kappa shape index (κ2) is 6.22. The van der Waals surface area contributed by atoms with Crippen molar-refractivity contribution < 1.29 is 0 Å². The molecule has 6 heteroatoms. The zero-order chi connectivity index (χ0) is 15.4. The average Bonchev–Trinajstić information content (AvgIpc) is 3.04.